The number of aryl methyl sites for hydroxylation is 1. The second kappa shape index (κ2) is 8.26. The molecule has 0 saturated carbocycles. The first-order valence-corrected chi connectivity index (χ1v) is 7.87. The van der Waals surface area contributed by atoms with E-state index < -0.39 is 12.0 Å². The summed E-state index contributed by atoms with van der Waals surface area (Å²) in [5, 5.41) is 20.7. The highest BCUT2D eigenvalue weighted by Crippen LogP contribution is 2.18. The molecular weight excluding hydrogens is 296 g/mol. The first-order valence-electron chi connectivity index (χ1n) is 7.87. The van der Waals surface area contributed by atoms with Crippen LogP contribution in [0, 0.1) is 0 Å². The number of aromatic nitrogens is 4. The predicted octanol–water partition coefficient (Wildman–Crippen LogP) is 2.63. The molecule has 2 aromatic rings. The predicted molar refractivity (Wildman–Crippen MR) is 84.2 cm³/mol. The molecule has 1 atom stereocenters. The summed E-state index contributed by atoms with van der Waals surface area (Å²) in [4.78, 5) is 11.5. The Morgan fingerprint density at radius 1 is 1.39 bits per heavy atom. The second-order valence-corrected chi connectivity index (χ2v) is 5.33. The zero-order valence-corrected chi connectivity index (χ0v) is 13.5. The number of benzene rings is 1. The third kappa shape index (κ3) is 4.51. The van der Waals surface area contributed by atoms with Crippen LogP contribution < -0.4 is 4.74 Å². The molecule has 0 saturated heterocycles. The first kappa shape index (κ1) is 16.9. The zero-order valence-electron chi connectivity index (χ0n) is 13.5. The third-order valence-electron chi connectivity index (χ3n) is 3.65. The molecule has 23 heavy (non-hydrogen) atoms. The standard InChI is InChI=1S/C16H22N4O3/c1-3-5-9-14(16(21)22)20-15(17-18-19-20)11-23-13-8-6-7-12(4-2)10-13/h6-8,10,14H,3-5,9,11H2,1-2H3,(H,21,22). The topological polar surface area (TPSA) is 90.1 Å². The van der Waals surface area contributed by atoms with Crippen LogP contribution in [0.4, 0.5) is 0 Å². The maximum absolute atomic E-state index is 11.5. The molecule has 1 aromatic heterocycles. The fourth-order valence-electron chi connectivity index (χ4n) is 2.30. The van der Waals surface area contributed by atoms with Crippen LogP contribution in [-0.4, -0.2) is 31.3 Å². The lowest BCUT2D eigenvalue weighted by atomic mass is 10.1. The van der Waals surface area contributed by atoms with Crippen molar-refractivity contribution in [3.63, 3.8) is 0 Å². The summed E-state index contributed by atoms with van der Waals surface area (Å²) < 4.78 is 7.06. The maximum atomic E-state index is 11.5. The number of ether oxygens (including phenoxy) is 1. The molecular formula is C16H22N4O3. The van der Waals surface area contributed by atoms with Crippen molar-refractivity contribution in [3.8, 4) is 5.75 Å². The lowest BCUT2D eigenvalue weighted by molar-refractivity contribution is -0.141. The summed E-state index contributed by atoms with van der Waals surface area (Å²) in [6, 6.07) is 7.02. The van der Waals surface area contributed by atoms with Gasteiger partial charge >= 0.3 is 5.97 Å². The molecule has 7 heteroatoms. The highest BCUT2D eigenvalue weighted by molar-refractivity contribution is 5.71. The van der Waals surface area contributed by atoms with Gasteiger partial charge in [-0.1, -0.05) is 38.8 Å². The molecule has 7 nitrogen and oxygen atoms in total. The van der Waals surface area contributed by atoms with Gasteiger partial charge in [0.25, 0.3) is 0 Å². The number of hydrogen-bond donors (Lipinski definition) is 1. The minimum Gasteiger partial charge on any atom is -0.486 e. The van der Waals surface area contributed by atoms with Gasteiger partial charge in [-0.2, -0.15) is 0 Å². The normalized spacial score (nSPS) is 12.1. The summed E-state index contributed by atoms with van der Waals surface area (Å²) >= 11 is 0. The average Bonchev–Trinajstić information content (AvgIpc) is 3.01. The Bertz CT molecular complexity index is 642. The molecule has 1 unspecified atom stereocenters. The lowest BCUT2D eigenvalue weighted by Crippen LogP contribution is -2.23. The fourth-order valence-corrected chi connectivity index (χ4v) is 2.30. The van der Waals surface area contributed by atoms with Crippen molar-refractivity contribution in [1.29, 1.82) is 0 Å². The molecule has 0 spiro atoms. The molecule has 2 rings (SSSR count). The molecule has 0 bridgehead atoms. The van der Waals surface area contributed by atoms with Crippen LogP contribution in [-0.2, 0) is 17.8 Å². The summed E-state index contributed by atoms with van der Waals surface area (Å²) in [7, 11) is 0. The van der Waals surface area contributed by atoms with Crippen molar-refractivity contribution in [1.82, 2.24) is 20.2 Å². The molecule has 1 N–H and O–H groups in total. The zero-order chi connectivity index (χ0) is 16.7. The molecule has 0 aliphatic heterocycles. The summed E-state index contributed by atoms with van der Waals surface area (Å²) in [5.41, 5.74) is 1.17. The van der Waals surface area contributed by atoms with Gasteiger partial charge in [-0.3, -0.25) is 0 Å². The summed E-state index contributed by atoms with van der Waals surface area (Å²) in [6.07, 6.45) is 3.14. The third-order valence-corrected chi connectivity index (χ3v) is 3.65. The Hall–Kier alpha value is -2.44. The van der Waals surface area contributed by atoms with Crippen molar-refractivity contribution < 1.29 is 14.6 Å². The van der Waals surface area contributed by atoms with Crippen LogP contribution in [0.2, 0.25) is 0 Å². The van der Waals surface area contributed by atoms with Gasteiger partial charge in [-0.15, -0.1) is 5.10 Å². The molecule has 0 aliphatic rings. The van der Waals surface area contributed by atoms with Crippen LogP contribution >= 0.6 is 0 Å². The minimum absolute atomic E-state index is 0.135. The van der Waals surface area contributed by atoms with Gasteiger partial charge in [0.15, 0.2) is 11.9 Å². The van der Waals surface area contributed by atoms with E-state index in [2.05, 4.69) is 22.4 Å². The highest BCUT2D eigenvalue weighted by Gasteiger charge is 2.24. The number of carboxylic acids is 1. The van der Waals surface area contributed by atoms with E-state index in [0.29, 0.717) is 12.2 Å². The second-order valence-electron chi connectivity index (χ2n) is 5.33. The van der Waals surface area contributed by atoms with E-state index in [1.807, 2.05) is 31.2 Å². The molecule has 0 amide bonds. The van der Waals surface area contributed by atoms with Gasteiger partial charge in [0.1, 0.15) is 12.4 Å². The van der Waals surface area contributed by atoms with Crippen molar-refractivity contribution in [2.24, 2.45) is 0 Å². The van der Waals surface area contributed by atoms with Gasteiger partial charge in [0, 0.05) is 0 Å². The van der Waals surface area contributed by atoms with E-state index in [-0.39, 0.29) is 6.61 Å². The van der Waals surface area contributed by atoms with Crippen molar-refractivity contribution in [3.05, 3.63) is 35.7 Å². The van der Waals surface area contributed by atoms with Crippen LogP contribution in [0.25, 0.3) is 0 Å². The Labute approximate surface area is 135 Å². The van der Waals surface area contributed by atoms with Gasteiger partial charge in [-0.05, 0) is 41.0 Å². The van der Waals surface area contributed by atoms with Crippen molar-refractivity contribution in [2.45, 2.75) is 52.2 Å². The minimum atomic E-state index is -0.931. The Morgan fingerprint density at radius 3 is 2.91 bits per heavy atom. The van der Waals surface area contributed by atoms with Crippen molar-refractivity contribution in [2.75, 3.05) is 0 Å². The Morgan fingerprint density at radius 2 is 2.22 bits per heavy atom. The van der Waals surface area contributed by atoms with Crippen LogP contribution in [0.1, 0.15) is 50.5 Å². The average molecular weight is 318 g/mol. The number of tetrazole rings is 1. The number of carboxylic acid groups (broad SMARTS) is 1. The highest BCUT2D eigenvalue weighted by atomic mass is 16.5. The van der Waals surface area contributed by atoms with Crippen LogP contribution in [0.5, 0.6) is 5.75 Å². The molecule has 0 aliphatic carbocycles. The van der Waals surface area contributed by atoms with E-state index in [0.717, 1.165) is 25.0 Å². The van der Waals surface area contributed by atoms with E-state index in [9.17, 15) is 9.90 Å². The SMILES string of the molecule is CCCCC(C(=O)O)n1nnnc1COc1cccc(CC)c1. The number of carbonyl (C=O) groups is 1. The molecule has 0 radical (unpaired) electrons. The van der Waals surface area contributed by atoms with Gasteiger partial charge in [0.05, 0.1) is 0 Å². The van der Waals surface area contributed by atoms with Crippen molar-refractivity contribution >= 4 is 5.97 Å². The smallest absolute Gasteiger partial charge is 0.328 e. The van der Waals surface area contributed by atoms with E-state index in [1.165, 1.54) is 10.2 Å². The van der Waals surface area contributed by atoms with Gasteiger partial charge < -0.3 is 9.84 Å². The van der Waals surface area contributed by atoms with E-state index >= 15 is 0 Å². The first-order chi connectivity index (χ1) is 11.2. The van der Waals surface area contributed by atoms with Crippen LogP contribution in [0.3, 0.4) is 0 Å². The van der Waals surface area contributed by atoms with E-state index in [4.69, 9.17) is 4.74 Å². The Kier molecular flexibility index (Phi) is 6.08. The number of rotatable bonds is 9. The fraction of sp³-hybridized carbons (Fsp3) is 0.500. The molecule has 1 aromatic carbocycles. The van der Waals surface area contributed by atoms with Gasteiger partial charge in [-0.25, -0.2) is 9.48 Å². The number of unbranched alkanes of at least 4 members (excludes halogenated alkanes) is 1. The number of hydrogen-bond acceptors (Lipinski definition) is 5. The number of aliphatic carboxylic acids is 1. The molecule has 0 fully saturated rings. The number of nitrogens with zero attached hydrogens (tertiary/aromatic N) is 4. The maximum Gasteiger partial charge on any atom is 0.328 e. The van der Waals surface area contributed by atoms with Crippen LogP contribution in [0.15, 0.2) is 24.3 Å². The van der Waals surface area contributed by atoms with Gasteiger partial charge in [0.2, 0.25) is 0 Å². The quantitative estimate of drug-likeness (QED) is 0.764. The summed E-state index contributed by atoms with van der Waals surface area (Å²) in [6.45, 7) is 4.23. The monoisotopic (exact) mass is 318 g/mol. The lowest BCUT2D eigenvalue weighted by Gasteiger charge is -2.14. The van der Waals surface area contributed by atoms with E-state index in [1.54, 1.807) is 0 Å². The summed E-state index contributed by atoms with van der Waals surface area (Å²) in [5.74, 6) is 0.203. The molecule has 1 heterocycles. The largest absolute Gasteiger partial charge is 0.486 e. The Balaban J connectivity index is 2.09. The molecule has 124 valence electrons.